The molecule has 116 valence electrons. The van der Waals surface area contributed by atoms with Crippen molar-refractivity contribution in [1.82, 2.24) is 9.80 Å². The van der Waals surface area contributed by atoms with Crippen LogP contribution in [0.5, 0.6) is 0 Å². The van der Waals surface area contributed by atoms with Gasteiger partial charge >= 0.3 is 0 Å². The van der Waals surface area contributed by atoms with Gasteiger partial charge in [0.15, 0.2) is 0 Å². The number of benzene rings is 1. The maximum Gasteiger partial charge on any atom is 0.269 e. The van der Waals surface area contributed by atoms with Crippen LogP contribution in [0.3, 0.4) is 0 Å². The van der Waals surface area contributed by atoms with E-state index in [1.165, 1.54) is 0 Å². The van der Waals surface area contributed by atoms with Crippen LogP contribution >= 0.6 is 0 Å². The van der Waals surface area contributed by atoms with Gasteiger partial charge in [-0.05, 0) is 38.6 Å². The highest BCUT2D eigenvalue weighted by atomic mass is 16.6. The first-order valence-electron chi connectivity index (χ1n) is 7.39. The van der Waals surface area contributed by atoms with E-state index in [0.717, 1.165) is 43.9 Å². The maximum absolute atomic E-state index is 11.0. The standard InChI is InChI=1S/C15H24N4O2/c1-12-10-17(3)7-4-8-18(12)11-13-9-14(19(20)21)5-6-15(13)16-2/h5-6,9,12,16H,4,7-8,10-11H2,1-3H3. The molecule has 0 radical (unpaired) electrons. The molecule has 1 atom stereocenters. The third-order valence-electron chi connectivity index (χ3n) is 4.13. The van der Waals surface area contributed by atoms with E-state index in [9.17, 15) is 10.1 Å². The van der Waals surface area contributed by atoms with Gasteiger partial charge in [0.05, 0.1) is 4.92 Å². The van der Waals surface area contributed by atoms with Crippen molar-refractivity contribution in [3.8, 4) is 0 Å². The number of likely N-dealkylation sites (N-methyl/N-ethyl adjacent to an activating group) is 1. The third kappa shape index (κ3) is 3.92. The lowest BCUT2D eigenvalue weighted by Gasteiger charge is -2.28. The molecule has 1 aromatic carbocycles. The molecular weight excluding hydrogens is 268 g/mol. The van der Waals surface area contributed by atoms with E-state index < -0.39 is 0 Å². The molecule has 1 aromatic rings. The van der Waals surface area contributed by atoms with Crippen molar-refractivity contribution in [2.45, 2.75) is 25.9 Å². The average molecular weight is 292 g/mol. The van der Waals surface area contributed by atoms with E-state index in [4.69, 9.17) is 0 Å². The molecule has 1 unspecified atom stereocenters. The number of nitrogens with one attached hydrogen (secondary N) is 1. The topological polar surface area (TPSA) is 61.7 Å². The van der Waals surface area contributed by atoms with Gasteiger partial charge in [0.25, 0.3) is 5.69 Å². The predicted molar refractivity (Wildman–Crippen MR) is 84.6 cm³/mol. The zero-order chi connectivity index (χ0) is 15.4. The summed E-state index contributed by atoms with van der Waals surface area (Å²) in [6.45, 7) is 6.13. The molecule has 0 amide bonds. The van der Waals surface area contributed by atoms with Crippen LogP contribution < -0.4 is 5.32 Å². The lowest BCUT2D eigenvalue weighted by molar-refractivity contribution is -0.384. The Kier molecular flexibility index (Phi) is 5.14. The molecule has 6 heteroatoms. The Hall–Kier alpha value is -1.66. The average Bonchev–Trinajstić information content (AvgIpc) is 2.60. The van der Waals surface area contributed by atoms with Gasteiger partial charge in [0.2, 0.25) is 0 Å². The highest BCUT2D eigenvalue weighted by molar-refractivity contribution is 5.55. The van der Waals surface area contributed by atoms with Crippen LogP contribution in [0.15, 0.2) is 18.2 Å². The molecule has 0 saturated carbocycles. The normalized spacial score (nSPS) is 21.0. The van der Waals surface area contributed by atoms with Crippen molar-refractivity contribution in [3.63, 3.8) is 0 Å². The minimum absolute atomic E-state index is 0.156. The van der Waals surface area contributed by atoms with E-state index in [1.807, 2.05) is 7.05 Å². The van der Waals surface area contributed by atoms with Crippen molar-refractivity contribution < 1.29 is 4.92 Å². The molecule has 21 heavy (non-hydrogen) atoms. The van der Waals surface area contributed by atoms with E-state index in [-0.39, 0.29) is 10.6 Å². The predicted octanol–water partition coefficient (Wildman–Crippen LogP) is 2.16. The molecule has 0 aliphatic carbocycles. The van der Waals surface area contributed by atoms with Gasteiger partial charge < -0.3 is 10.2 Å². The van der Waals surface area contributed by atoms with Gasteiger partial charge in [-0.3, -0.25) is 15.0 Å². The summed E-state index contributed by atoms with van der Waals surface area (Å²) in [4.78, 5) is 15.4. The second kappa shape index (κ2) is 6.87. The molecule has 6 nitrogen and oxygen atoms in total. The number of nitro benzene ring substituents is 1. The van der Waals surface area contributed by atoms with Crippen LogP contribution in [0, 0.1) is 10.1 Å². The quantitative estimate of drug-likeness (QED) is 0.680. The fourth-order valence-electron chi connectivity index (χ4n) is 2.94. The number of non-ortho nitro benzene ring substituents is 1. The van der Waals surface area contributed by atoms with Crippen LogP contribution in [0.25, 0.3) is 0 Å². The van der Waals surface area contributed by atoms with Gasteiger partial charge in [-0.15, -0.1) is 0 Å². The molecule has 1 aliphatic heterocycles. The highest BCUT2D eigenvalue weighted by Crippen LogP contribution is 2.24. The third-order valence-corrected chi connectivity index (χ3v) is 4.13. The van der Waals surface area contributed by atoms with Crippen molar-refractivity contribution in [2.75, 3.05) is 39.0 Å². The summed E-state index contributed by atoms with van der Waals surface area (Å²) in [5.74, 6) is 0. The van der Waals surface area contributed by atoms with Crippen molar-refractivity contribution in [2.24, 2.45) is 0 Å². The fraction of sp³-hybridized carbons (Fsp3) is 0.600. The Labute approximate surface area is 125 Å². The largest absolute Gasteiger partial charge is 0.388 e. The Morgan fingerprint density at radius 2 is 2.19 bits per heavy atom. The summed E-state index contributed by atoms with van der Waals surface area (Å²) >= 11 is 0. The molecule has 1 saturated heterocycles. The summed E-state index contributed by atoms with van der Waals surface area (Å²) in [5.41, 5.74) is 2.11. The molecule has 1 aliphatic rings. The summed E-state index contributed by atoms with van der Waals surface area (Å²) in [6.07, 6.45) is 1.13. The first kappa shape index (κ1) is 15.7. The number of nitro groups is 1. The number of hydrogen-bond acceptors (Lipinski definition) is 5. The van der Waals surface area contributed by atoms with Crippen LogP contribution in [0.4, 0.5) is 11.4 Å². The Morgan fingerprint density at radius 1 is 1.43 bits per heavy atom. The maximum atomic E-state index is 11.0. The highest BCUT2D eigenvalue weighted by Gasteiger charge is 2.21. The molecular formula is C15H24N4O2. The Balaban J connectivity index is 2.20. The van der Waals surface area contributed by atoms with Crippen LogP contribution in [0.1, 0.15) is 18.9 Å². The molecule has 2 rings (SSSR count). The molecule has 0 bridgehead atoms. The fourth-order valence-corrected chi connectivity index (χ4v) is 2.94. The summed E-state index contributed by atoms with van der Waals surface area (Å²) in [6, 6.07) is 5.48. The van der Waals surface area contributed by atoms with Crippen molar-refractivity contribution in [3.05, 3.63) is 33.9 Å². The second-order valence-electron chi connectivity index (χ2n) is 5.78. The van der Waals surface area contributed by atoms with E-state index in [0.29, 0.717) is 6.04 Å². The summed E-state index contributed by atoms with van der Waals surface area (Å²) in [7, 11) is 4.00. The van der Waals surface area contributed by atoms with Gasteiger partial charge in [-0.2, -0.15) is 0 Å². The van der Waals surface area contributed by atoms with Crippen LogP contribution in [0.2, 0.25) is 0 Å². The molecule has 0 aromatic heterocycles. The summed E-state index contributed by atoms with van der Waals surface area (Å²) < 4.78 is 0. The first-order chi connectivity index (χ1) is 10.0. The van der Waals surface area contributed by atoms with Crippen LogP contribution in [-0.4, -0.2) is 54.5 Å². The Morgan fingerprint density at radius 3 is 2.86 bits per heavy atom. The minimum Gasteiger partial charge on any atom is -0.388 e. The SMILES string of the molecule is CNc1ccc([N+](=O)[O-])cc1CN1CCCN(C)CC1C. The van der Waals surface area contributed by atoms with E-state index >= 15 is 0 Å². The number of hydrogen-bond donors (Lipinski definition) is 1. The molecule has 1 heterocycles. The monoisotopic (exact) mass is 292 g/mol. The number of rotatable bonds is 4. The lowest BCUT2D eigenvalue weighted by atomic mass is 10.1. The molecule has 0 spiro atoms. The van der Waals surface area contributed by atoms with Gasteiger partial charge in [-0.1, -0.05) is 0 Å². The van der Waals surface area contributed by atoms with Crippen molar-refractivity contribution in [1.29, 1.82) is 0 Å². The minimum atomic E-state index is -0.331. The van der Waals surface area contributed by atoms with Gasteiger partial charge in [0, 0.05) is 50.5 Å². The first-order valence-corrected chi connectivity index (χ1v) is 7.39. The number of nitrogens with zero attached hydrogens (tertiary/aromatic N) is 3. The lowest BCUT2D eigenvalue weighted by Crippen LogP contribution is -2.37. The molecule has 1 fully saturated rings. The van der Waals surface area contributed by atoms with E-state index in [2.05, 4.69) is 29.1 Å². The second-order valence-corrected chi connectivity index (χ2v) is 5.78. The Bertz CT molecular complexity index is 506. The van der Waals surface area contributed by atoms with Gasteiger partial charge in [0.1, 0.15) is 0 Å². The van der Waals surface area contributed by atoms with E-state index in [1.54, 1.807) is 18.2 Å². The molecule has 1 N–H and O–H groups in total. The number of anilines is 1. The smallest absolute Gasteiger partial charge is 0.269 e. The van der Waals surface area contributed by atoms with Crippen molar-refractivity contribution >= 4 is 11.4 Å². The van der Waals surface area contributed by atoms with Gasteiger partial charge in [-0.25, -0.2) is 0 Å². The van der Waals surface area contributed by atoms with Crippen LogP contribution in [-0.2, 0) is 6.54 Å². The zero-order valence-electron chi connectivity index (χ0n) is 13.0. The zero-order valence-corrected chi connectivity index (χ0v) is 13.0. The summed E-state index contributed by atoms with van der Waals surface area (Å²) in [5, 5.41) is 14.1.